The molecule has 116 valence electrons. The van der Waals surface area contributed by atoms with Crippen LogP contribution in [0.2, 0.25) is 0 Å². The number of anilines is 1. The molecule has 0 saturated heterocycles. The summed E-state index contributed by atoms with van der Waals surface area (Å²) in [6.45, 7) is 3.70. The molecule has 0 heterocycles. The summed E-state index contributed by atoms with van der Waals surface area (Å²) in [7, 11) is -2.15. The van der Waals surface area contributed by atoms with E-state index in [9.17, 15) is 13.2 Å². The van der Waals surface area contributed by atoms with Crippen molar-refractivity contribution in [2.24, 2.45) is 5.41 Å². The summed E-state index contributed by atoms with van der Waals surface area (Å²) >= 11 is 0. The molecule has 6 heteroatoms. The van der Waals surface area contributed by atoms with E-state index in [4.69, 9.17) is 0 Å². The van der Waals surface area contributed by atoms with Crippen LogP contribution in [0.1, 0.15) is 38.2 Å². The van der Waals surface area contributed by atoms with Crippen LogP contribution >= 0.6 is 0 Å². The van der Waals surface area contributed by atoms with E-state index in [1.54, 1.807) is 19.1 Å². The summed E-state index contributed by atoms with van der Waals surface area (Å²) < 4.78 is 26.2. The second-order valence-corrected chi connectivity index (χ2v) is 7.76. The topological polar surface area (TPSA) is 75.3 Å². The van der Waals surface area contributed by atoms with Gasteiger partial charge in [0, 0.05) is 11.1 Å². The van der Waals surface area contributed by atoms with Crippen molar-refractivity contribution in [1.29, 1.82) is 0 Å². The van der Waals surface area contributed by atoms with Crippen LogP contribution < -0.4 is 10.0 Å². The van der Waals surface area contributed by atoms with Crippen molar-refractivity contribution in [2.45, 2.75) is 44.4 Å². The van der Waals surface area contributed by atoms with Gasteiger partial charge in [-0.3, -0.25) is 4.79 Å². The molecule has 0 bridgehead atoms. The van der Waals surface area contributed by atoms with Crippen LogP contribution in [-0.4, -0.2) is 21.4 Å². The van der Waals surface area contributed by atoms with E-state index >= 15 is 0 Å². The van der Waals surface area contributed by atoms with Crippen molar-refractivity contribution in [1.82, 2.24) is 4.72 Å². The van der Waals surface area contributed by atoms with Gasteiger partial charge in [-0.1, -0.05) is 25.8 Å². The van der Waals surface area contributed by atoms with Crippen molar-refractivity contribution < 1.29 is 13.2 Å². The van der Waals surface area contributed by atoms with E-state index < -0.39 is 10.0 Å². The molecule has 1 aromatic rings. The number of rotatable bonds is 4. The third-order valence-corrected chi connectivity index (χ3v) is 5.82. The molecule has 0 atom stereocenters. The van der Waals surface area contributed by atoms with Crippen LogP contribution in [-0.2, 0) is 14.8 Å². The fourth-order valence-electron chi connectivity index (χ4n) is 2.74. The van der Waals surface area contributed by atoms with Gasteiger partial charge in [0.25, 0.3) is 0 Å². The van der Waals surface area contributed by atoms with E-state index in [0.717, 1.165) is 25.7 Å². The summed E-state index contributed by atoms with van der Waals surface area (Å²) in [4.78, 5) is 12.6. The van der Waals surface area contributed by atoms with Crippen LogP contribution in [0.25, 0.3) is 0 Å². The van der Waals surface area contributed by atoms with E-state index in [-0.39, 0.29) is 16.2 Å². The SMILES string of the molecule is CNS(=O)(=O)c1cc(NC(=O)C2(C)CCCC2)ccc1C. The molecule has 1 aromatic carbocycles. The molecule has 1 aliphatic carbocycles. The maximum Gasteiger partial charge on any atom is 0.240 e. The predicted octanol–water partition coefficient (Wildman–Crippen LogP) is 2.42. The molecule has 0 radical (unpaired) electrons. The Labute approximate surface area is 126 Å². The first kappa shape index (κ1) is 16.0. The third-order valence-electron chi connectivity index (χ3n) is 4.26. The molecule has 0 aliphatic heterocycles. The van der Waals surface area contributed by atoms with Crippen molar-refractivity contribution in [3.05, 3.63) is 23.8 Å². The van der Waals surface area contributed by atoms with Crippen molar-refractivity contribution in [3.63, 3.8) is 0 Å². The minimum atomic E-state index is -3.52. The van der Waals surface area contributed by atoms with E-state index in [0.29, 0.717) is 11.3 Å². The number of nitrogens with one attached hydrogen (secondary N) is 2. The van der Waals surface area contributed by atoms with Gasteiger partial charge in [0.05, 0.1) is 4.90 Å². The molecular weight excluding hydrogens is 288 g/mol. The van der Waals surface area contributed by atoms with E-state index in [1.807, 2.05) is 6.92 Å². The van der Waals surface area contributed by atoms with Crippen molar-refractivity contribution in [2.75, 3.05) is 12.4 Å². The highest BCUT2D eigenvalue weighted by molar-refractivity contribution is 7.89. The molecule has 0 unspecified atom stereocenters. The fourth-order valence-corrected chi connectivity index (χ4v) is 3.74. The van der Waals surface area contributed by atoms with Gasteiger partial charge in [0.2, 0.25) is 15.9 Å². The minimum absolute atomic E-state index is 0.0309. The molecule has 1 amide bonds. The van der Waals surface area contributed by atoms with E-state index in [1.165, 1.54) is 13.1 Å². The average molecular weight is 310 g/mol. The number of hydrogen-bond donors (Lipinski definition) is 2. The van der Waals surface area contributed by atoms with Gasteiger partial charge in [-0.15, -0.1) is 0 Å². The number of aryl methyl sites for hydroxylation is 1. The number of carbonyl (C=O) groups excluding carboxylic acids is 1. The van der Waals surface area contributed by atoms with Crippen molar-refractivity contribution >= 4 is 21.6 Å². The highest BCUT2D eigenvalue weighted by atomic mass is 32.2. The van der Waals surface area contributed by atoms with Crippen LogP contribution in [0.5, 0.6) is 0 Å². The summed E-state index contributed by atoms with van der Waals surface area (Å²) in [6.07, 6.45) is 3.90. The Morgan fingerprint density at radius 3 is 2.43 bits per heavy atom. The standard InChI is InChI=1S/C15H22N2O3S/c1-11-6-7-12(10-13(11)21(19,20)16-3)17-14(18)15(2)8-4-5-9-15/h6-7,10,16H,4-5,8-9H2,1-3H3,(H,17,18). The van der Waals surface area contributed by atoms with E-state index in [2.05, 4.69) is 10.0 Å². The molecule has 2 rings (SSSR count). The smallest absolute Gasteiger partial charge is 0.240 e. The molecule has 5 nitrogen and oxygen atoms in total. The summed E-state index contributed by atoms with van der Waals surface area (Å²) in [5.41, 5.74) is 0.828. The van der Waals surface area contributed by atoms with Gasteiger partial charge in [-0.2, -0.15) is 0 Å². The molecule has 1 aliphatic rings. The number of carbonyl (C=O) groups is 1. The van der Waals surface area contributed by atoms with Crippen molar-refractivity contribution in [3.8, 4) is 0 Å². The second-order valence-electron chi connectivity index (χ2n) is 5.91. The quantitative estimate of drug-likeness (QED) is 0.897. The predicted molar refractivity (Wildman–Crippen MR) is 82.6 cm³/mol. The first-order valence-electron chi connectivity index (χ1n) is 7.14. The van der Waals surface area contributed by atoms with Gasteiger partial charge in [-0.05, 0) is 44.5 Å². The summed E-state index contributed by atoms with van der Waals surface area (Å²) in [5, 5.41) is 2.86. The second kappa shape index (κ2) is 5.77. The Bertz CT molecular complexity index is 647. The lowest BCUT2D eigenvalue weighted by atomic mass is 9.88. The Morgan fingerprint density at radius 1 is 1.24 bits per heavy atom. The third kappa shape index (κ3) is 3.27. The molecular formula is C15H22N2O3S. The lowest BCUT2D eigenvalue weighted by Gasteiger charge is -2.22. The summed E-state index contributed by atoms with van der Waals surface area (Å²) in [6, 6.07) is 4.95. The largest absolute Gasteiger partial charge is 0.326 e. The van der Waals surface area contributed by atoms with Crippen LogP contribution in [0.3, 0.4) is 0 Å². The monoisotopic (exact) mass is 310 g/mol. The van der Waals surface area contributed by atoms with Gasteiger partial charge in [0.1, 0.15) is 0 Å². The summed E-state index contributed by atoms with van der Waals surface area (Å²) in [5.74, 6) is -0.0309. The maximum absolute atomic E-state index is 12.4. The number of benzene rings is 1. The Balaban J connectivity index is 2.26. The van der Waals surface area contributed by atoms with Gasteiger partial charge in [0.15, 0.2) is 0 Å². The van der Waals surface area contributed by atoms with Crippen LogP contribution in [0, 0.1) is 12.3 Å². The molecule has 0 aromatic heterocycles. The Morgan fingerprint density at radius 2 is 1.86 bits per heavy atom. The maximum atomic E-state index is 12.4. The first-order valence-corrected chi connectivity index (χ1v) is 8.62. The normalized spacial score (nSPS) is 17.7. The zero-order valence-corrected chi connectivity index (χ0v) is 13.5. The lowest BCUT2D eigenvalue weighted by Crippen LogP contribution is -2.31. The first-order chi connectivity index (χ1) is 9.78. The zero-order chi connectivity index (χ0) is 15.7. The molecule has 2 N–H and O–H groups in total. The molecule has 0 spiro atoms. The van der Waals surface area contributed by atoms with Gasteiger partial charge < -0.3 is 5.32 Å². The average Bonchev–Trinajstić information content (AvgIpc) is 2.89. The Kier molecular flexibility index (Phi) is 4.39. The van der Waals surface area contributed by atoms with Gasteiger partial charge in [-0.25, -0.2) is 13.1 Å². The highest BCUT2D eigenvalue weighted by Gasteiger charge is 2.36. The minimum Gasteiger partial charge on any atom is -0.326 e. The molecule has 1 saturated carbocycles. The number of hydrogen-bond acceptors (Lipinski definition) is 3. The fraction of sp³-hybridized carbons (Fsp3) is 0.533. The zero-order valence-electron chi connectivity index (χ0n) is 12.7. The molecule has 1 fully saturated rings. The Hall–Kier alpha value is -1.40. The van der Waals surface area contributed by atoms with Crippen LogP contribution in [0.15, 0.2) is 23.1 Å². The molecule has 21 heavy (non-hydrogen) atoms. The number of sulfonamides is 1. The van der Waals surface area contributed by atoms with Crippen LogP contribution in [0.4, 0.5) is 5.69 Å². The lowest BCUT2D eigenvalue weighted by molar-refractivity contribution is -0.124. The highest BCUT2D eigenvalue weighted by Crippen LogP contribution is 2.38. The van der Waals surface area contributed by atoms with Gasteiger partial charge >= 0.3 is 0 Å². The number of amides is 1.